The fraction of sp³-hybridized carbons (Fsp3) is 0.217. The molecule has 2 aliphatic rings. The van der Waals surface area contributed by atoms with Gasteiger partial charge in [-0.1, -0.05) is 18.2 Å². The fourth-order valence-corrected chi connectivity index (χ4v) is 4.06. The standard InChI is InChI=1S/C23H19F3N4O3S/c1-13-8-14(2)10-17(9-13)33-7-6-32-16-5-3-4-15(11-16)12-18-19(27)30-22(28-20(18)31)34-21(29-30)23(24,25)26/h3-5,8-12,27H,6-7H2,1-2H3/b18-12-,27-19?. The second-order valence-electron chi connectivity index (χ2n) is 7.52. The Balaban J connectivity index is 1.42. The number of hydrazone groups is 1. The Morgan fingerprint density at radius 1 is 1.06 bits per heavy atom. The van der Waals surface area contributed by atoms with Gasteiger partial charge in [0, 0.05) is 0 Å². The number of thioether (sulfide) groups is 1. The molecular formula is C23H19F3N4O3S. The average molecular weight is 488 g/mol. The summed E-state index contributed by atoms with van der Waals surface area (Å²) >= 11 is 0.211. The van der Waals surface area contributed by atoms with Gasteiger partial charge in [-0.2, -0.15) is 28.3 Å². The van der Waals surface area contributed by atoms with Crippen LogP contribution in [0.4, 0.5) is 13.2 Å². The molecule has 0 spiro atoms. The third kappa shape index (κ3) is 5.30. The van der Waals surface area contributed by atoms with Crippen LogP contribution in [0.15, 0.2) is 58.1 Å². The number of aryl methyl sites for hydroxylation is 2. The smallest absolute Gasteiger partial charge is 0.441 e. The van der Waals surface area contributed by atoms with E-state index < -0.39 is 23.0 Å². The Morgan fingerprint density at radius 3 is 2.41 bits per heavy atom. The van der Waals surface area contributed by atoms with Crippen molar-refractivity contribution >= 4 is 39.8 Å². The normalized spacial score (nSPS) is 17.0. The SMILES string of the molecule is Cc1cc(C)cc(OCCOc2cccc(/C=C3/C(=N)N4N=C(C(F)(F)F)SC4=NC3=O)c2)c1. The lowest BCUT2D eigenvalue weighted by Gasteiger charge is -2.20. The predicted octanol–water partition coefficient (Wildman–Crippen LogP) is 4.94. The Bertz CT molecular complexity index is 1230. The molecule has 4 rings (SSSR count). The summed E-state index contributed by atoms with van der Waals surface area (Å²) in [5, 5.41) is 10.8. The largest absolute Gasteiger partial charge is 0.490 e. The number of hydrogen-bond acceptors (Lipinski definition) is 6. The molecule has 1 N–H and O–H groups in total. The van der Waals surface area contributed by atoms with Gasteiger partial charge in [0.25, 0.3) is 5.91 Å². The van der Waals surface area contributed by atoms with Crippen molar-refractivity contribution in [1.29, 1.82) is 5.41 Å². The number of amidine groups is 2. The maximum Gasteiger partial charge on any atom is 0.441 e. The number of alkyl halides is 3. The number of carbonyl (C=O) groups excluding carboxylic acids is 1. The van der Waals surface area contributed by atoms with Crippen LogP contribution >= 0.6 is 11.8 Å². The van der Waals surface area contributed by atoms with Crippen molar-refractivity contribution in [3.8, 4) is 11.5 Å². The highest BCUT2D eigenvalue weighted by Crippen LogP contribution is 2.35. The summed E-state index contributed by atoms with van der Waals surface area (Å²) in [4.78, 5) is 16.0. The van der Waals surface area contributed by atoms with Crippen LogP contribution in [0.1, 0.15) is 16.7 Å². The molecule has 2 aromatic carbocycles. The molecule has 2 aliphatic heterocycles. The number of nitrogens with zero attached hydrogens (tertiary/aromatic N) is 3. The highest BCUT2D eigenvalue weighted by Gasteiger charge is 2.46. The maximum atomic E-state index is 12.9. The van der Waals surface area contributed by atoms with Crippen LogP contribution in [0, 0.1) is 19.3 Å². The van der Waals surface area contributed by atoms with E-state index in [-0.39, 0.29) is 29.1 Å². The minimum absolute atomic E-state index is 0.174. The molecule has 7 nitrogen and oxygen atoms in total. The molecule has 0 radical (unpaired) electrons. The number of rotatable bonds is 6. The van der Waals surface area contributed by atoms with E-state index in [4.69, 9.17) is 14.9 Å². The lowest BCUT2D eigenvalue weighted by atomic mass is 10.1. The van der Waals surface area contributed by atoms with Gasteiger partial charge in [-0.3, -0.25) is 10.2 Å². The van der Waals surface area contributed by atoms with E-state index >= 15 is 0 Å². The maximum absolute atomic E-state index is 12.9. The number of ether oxygens (including phenoxy) is 2. The zero-order valence-electron chi connectivity index (χ0n) is 18.1. The Hall–Kier alpha value is -3.60. The number of amides is 1. The second kappa shape index (κ2) is 9.34. The van der Waals surface area contributed by atoms with Gasteiger partial charge in [-0.15, -0.1) is 0 Å². The molecule has 2 aromatic rings. The van der Waals surface area contributed by atoms with Gasteiger partial charge in [0.15, 0.2) is 5.84 Å². The quantitative estimate of drug-likeness (QED) is 0.460. The summed E-state index contributed by atoms with van der Waals surface area (Å²) in [6.45, 7) is 4.57. The highest BCUT2D eigenvalue weighted by atomic mass is 32.2. The monoisotopic (exact) mass is 488 g/mol. The van der Waals surface area contributed by atoms with Crippen LogP contribution in [-0.4, -0.2) is 46.4 Å². The summed E-state index contributed by atoms with van der Waals surface area (Å²) in [6.07, 6.45) is -3.32. The first-order chi connectivity index (χ1) is 16.1. The zero-order valence-corrected chi connectivity index (χ0v) is 19.0. The van der Waals surface area contributed by atoms with E-state index in [2.05, 4.69) is 16.2 Å². The summed E-state index contributed by atoms with van der Waals surface area (Å²) < 4.78 is 50.3. The van der Waals surface area contributed by atoms with E-state index in [1.165, 1.54) is 6.08 Å². The van der Waals surface area contributed by atoms with Crippen molar-refractivity contribution in [1.82, 2.24) is 5.01 Å². The Labute approximate surface area is 197 Å². The van der Waals surface area contributed by atoms with Gasteiger partial charge in [-0.25, -0.2) is 0 Å². The predicted molar refractivity (Wildman–Crippen MR) is 124 cm³/mol. The molecule has 0 bridgehead atoms. The van der Waals surface area contributed by atoms with Crippen LogP contribution in [0.25, 0.3) is 6.08 Å². The summed E-state index contributed by atoms with van der Waals surface area (Å²) in [5.41, 5.74) is 2.55. The third-order valence-electron chi connectivity index (χ3n) is 4.68. The van der Waals surface area contributed by atoms with Crippen molar-refractivity contribution in [2.75, 3.05) is 13.2 Å². The van der Waals surface area contributed by atoms with E-state index in [0.29, 0.717) is 22.9 Å². The fourth-order valence-electron chi connectivity index (χ4n) is 3.30. The first kappa shape index (κ1) is 23.6. The first-order valence-corrected chi connectivity index (χ1v) is 10.9. The van der Waals surface area contributed by atoms with E-state index in [0.717, 1.165) is 16.9 Å². The molecule has 176 valence electrons. The van der Waals surface area contributed by atoms with Crippen LogP contribution in [0.2, 0.25) is 0 Å². The van der Waals surface area contributed by atoms with Gasteiger partial charge in [0.05, 0.1) is 5.57 Å². The zero-order chi connectivity index (χ0) is 24.5. The molecule has 0 unspecified atom stereocenters. The minimum Gasteiger partial charge on any atom is -0.490 e. The number of carbonyl (C=O) groups is 1. The lowest BCUT2D eigenvalue weighted by Crippen LogP contribution is -2.35. The van der Waals surface area contributed by atoms with Gasteiger partial charge < -0.3 is 9.47 Å². The average Bonchev–Trinajstić information content (AvgIpc) is 3.19. The van der Waals surface area contributed by atoms with Crippen LogP contribution in [0.3, 0.4) is 0 Å². The molecule has 11 heteroatoms. The van der Waals surface area contributed by atoms with Crippen LogP contribution in [-0.2, 0) is 4.79 Å². The van der Waals surface area contributed by atoms with Crippen LogP contribution < -0.4 is 9.47 Å². The number of halogens is 3. The minimum atomic E-state index is -4.69. The molecule has 0 aliphatic carbocycles. The number of fused-ring (bicyclic) bond motifs is 1. The molecule has 0 saturated heterocycles. The molecule has 1 amide bonds. The van der Waals surface area contributed by atoms with Crippen LogP contribution in [0.5, 0.6) is 11.5 Å². The summed E-state index contributed by atoms with van der Waals surface area (Å²) in [7, 11) is 0. The number of benzene rings is 2. The molecular weight excluding hydrogens is 469 g/mol. The lowest BCUT2D eigenvalue weighted by molar-refractivity contribution is -0.114. The van der Waals surface area contributed by atoms with Crippen molar-refractivity contribution < 1.29 is 27.4 Å². The summed E-state index contributed by atoms with van der Waals surface area (Å²) in [6, 6.07) is 12.7. The molecule has 0 atom stereocenters. The van der Waals surface area contributed by atoms with Gasteiger partial charge in [0.1, 0.15) is 24.7 Å². The van der Waals surface area contributed by atoms with Crippen molar-refractivity contribution in [3.05, 3.63) is 64.7 Å². The molecule has 2 heterocycles. The van der Waals surface area contributed by atoms with Gasteiger partial charge in [0.2, 0.25) is 10.2 Å². The molecule has 0 fully saturated rings. The third-order valence-corrected chi connectivity index (χ3v) is 5.64. The molecule has 34 heavy (non-hydrogen) atoms. The summed E-state index contributed by atoms with van der Waals surface area (Å²) in [5.74, 6) is -0.0258. The number of aliphatic imine (C=N–C) groups is 1. The van der Waals surface area contributed by atoms with E-state index in [1.54, 1.807) is 24.3 Å². The first-order valence-electron chi connectivity index (χ1n) is 10.1. The van der Waals surface area contributed by atoms with Crippen molar-refractivity contribution in [2.24, 2.45) is 10.1 Å². The Morgan fingerprint density at radius 2 is 1.74 bits per heavy atom. The van der Waals surface area contributed by atoms with Crippen molar-refractivity contribution in [3.63, 3.8) is 0 Å². The number of hydrogen-bond donors (Lipinski definition) is 1. The highest BCUT2D eigenvalue weighted by molar-refractivity contribution is 8.27. The second-order valence-corrected chi connectivity index (χ2v) is 8.47. The number of nitrogens with one attached hydrogen (secondary N) is 1. The van der Waals surface area contributed by atoms with E-state index in [1.807, 2.05) is 26.0 Å². The topological polar surface area (TPSA) is 87.3 Å². The van der Waals surface area contributed by atoms with E-state index in [9.17, 15) is 18.0 Å². The van der Waals surface area contributed by atoms with Gasteiger partial charge in [-0.05, 0) is 72.6 Å². The molecule has 0 aromatic heterocycles. The van der Waals surface area contributed by atoms with Crippen molar-refractivity contribution in [2.45, 2.75) is 20.0 Å². The molecule has 0 saturated carbocycles. The van der Waals surface area contributed by atoms with Gasteiger partial charge >= 0.3 is 6.18 Å². The Kier molecular flexibility index (Phi) is 6.47.